The number of ketones is 1. The molecule has 0 radical (unpaired) electrons. The molecule has 1 atom stereocenters. The predicted octanol–water partition coefficient (Wildman–Crippen LogP) is 6.90. The molecule has 2 heterocycles. The normalized spacial score (nSPS) is 17.8. The fraction of sp³-hybridized carbons (Fsp3) is 0.250. The number of ether oxygens (including phenoxy) is 2. The van der Waals surface area contributed by atoms with E-state index in [2.05, 4.69) is 19.2 Å². The van der Waals surface area contributed by atoms with Crippen molar-refractivity contribution < 1.29 is 18.7 Å². The van der Waals surface area contributed by atoms with Crippen molar-refractivity contribution in [2.24, 2.45) is 5.41 Å². The molecule has 3 aromatic carbocycles. The zero-order valence-electron chi connectivity index (χ0n) is 22.4. The summed E-state index contributed by atoms with van der Waals surface area (Å²) in [6.45, 7) is 4.21. The lowest BCUT2D eigenvalue weighted by atomic mass is 9.68. The van der Waals surface area contributed by atoms with Crippen LogP contribution in [0.1, 0.15) is 43.7 Å². The number of allylic oxidation sites excluding steroid dienone is 2. The van der Waals surface area contributed by atoms with Crippen molar-refractivity contribution in [3.63, 3.8) is 0 Å². The summed E-state index contributed by atoms with van der Waals surface area (Å²) in [4.78, 5) is 13.9. The minimum absolute atomic E-state index is 0.0896. The summed E-state index contributed by atoms with van der Waals surface area (Å²) in [7, 11) is 3.25. The van der Waals surface area contributed by atoms with Crippen LogP contribution in [0.15, 0.2) is 84.1 Å². The van der Waals surface area contributed by atoms with Gasteiger partial charge in [-0.15, -0.1) is 0 Å². The highest BCUT2D eigenvalue weighted by atomic mass is 19.1. The van der Waals surface area contributed by atoms with Gasteiger partial charge >= 0.3 is 0 Å². The van der Waals surface area contributed by atoms with Gasteiger partial charge in [0.05, 0.1) is 25.6 Å². The fourth-order valence-corrected chi connectivity index (χ4v) is 5.87. The van der Waals surface area contributed by atoms with Crippen molar-refractivity contribution in [3.05, 3.63) is 101 Å². The number of fused-ring (bicyclic) bond motifs is 1. The molecule has 0 saturated carbocycles. The number of methoxy groups -OCH3 is 2. The minimum Gasteiger partial charge on any atom is -0.497 e. The van der Waals surface area contributed by atoms with Gasteiger partial charge in [0, 0.05) is 40.3 Å². The average molecular weight is 524 g/mol. The number of hydrogen-bond acceptors (Lipinski definition) is 5. The summed E-state index contributed by atoms with van der Waals surface area (Å²) in [5.41, 5.74) is 5.20. The van der Waals surface area contributed by atoms with Gasteiger partial charge in [0.25, 0.3) is 0 Å². The SMILES string of the molecule is COc1ccc(OC)c(C2C3=C(CC(C)(C)CC3=O)Nc3c2c(-c2ccccc2)nn3-c2cccc(F)c2)c1. The van der Waals surface area contributed by atoms with Crippen LogP contribution in [0, 0.1) is 11.2 Å². The number of nitrogens with one attached hydrogen (secondary N) is 1. The topological polar surface area (TPSA) is 65.4 Å². The molecule has 6 rings (SSSR count). The monoisotopic (exact) mass is 523 g/mol. The summed E-state index contributed by atoms with van der Waals surface area (Å²) in [5.74, 6) is 1.28. The number of aromatic nitrogens is 2. The average Bonchev–Trinajstić information content (AvgIpc) is 3.30. The molecule has 0 spiro atoms. The van der Waals surface area contributed by atoms with E-state index >= 15 is 0 Å². The van der Waals surface area contributed by atoms with E-state index in [1.807, 2.05) is 54.6 Å². The first-order valence-electron chi connectivity index (χ1n) is 13.0. The van der Waals surface area contributed by atoms with Crippen LogP contribution in [-0.4, -0.2) is 29.8 Å². The Balaban J connectivity index is 1.71. The molecule has 1 aliphatic carbocycles. The van der Waals surface area contributed by atoms with Gasteiger partial charge in [-0.2, -0.15) is 5.10 Å². The highest BCUT2D eigenvalue weighted by Gasteiger charge is 2.44. The number of rotatable bonds is 5. The second kappa shape index (κ2) is 9.42. The van der Waals surface area contributed by atoms with E-state index in [1.165, 1.54) is 12.1 Å². The zero-order chi connectivity index (χ0) is 27.3. The molecule has 0 saturated heterocycles. The summed E-state index contributed by atoms with van der Waals surface area (Å²) in [6, 6.07) is 21.9. The van der Waals surface area contributed by atoms with E-state index in [9.17, 15) is 9.18 Å². The number of halogens is 1. The van der Waals surface area contributed by atoms with Gasteiger partial charge in [-0.25, -0.2) is 9.07 Å². The van der Waals surface area contributed by atoms with Gasteiger partial charge in [0.1, 0.15) is 23.1 Å². The van der Waals surface area contributed by atoms with Crippen molar-refractivity contribution >= 4 is 11.6 Å². The molecule has 1 N–H and O–H groups in total. The largest absolute Gasteiger partial charge is 0.497 e. The van der Waals surface area contributed by atoms with Crippen LogP contribution < -0.4 is 14.8 Å². The number of Topliss-reactive ketones (excluding diaryl/α,β-unsaturated/α-hetero) is 1. The molecule has 1 aliphatic heterocycles. The standard InChI is InChI=1S/C32H30FN3O3/c1-32(2)17-24-28(25(37)18-32)27(23-16-22(38-3)13-14-26(23)39-4)29-30(19-9-6-5-7-10-19)35-36(31(29)34-24)21-12-8-11-20(33)15-21/h5-16,27,34H,17-18H2,1-4H3. The van der Waals surface area contributed by atoms with E-state index in [4.69, 9.17) is 14.6 Å². The van der Waals surface area contributed by atoms with Crippen molar-refractivity contribution in [1.29, 1.82) is 0 Å². The van der Waals surface area contributed by atoms with Crippen molar-refractivity contribution in [2.75, 3.05) is 19.5 Å². The second-order valence-corrected chi connectivity index (χ2v) is 10.9. The first-order chi connectivity index (χ1) is 18.8. The molecule has 0 fully saturated rings. The molecule has 7 heteroatoms. The molecule has 0 bridgehead atoms. The Kier molecular flexibility index (Phi) is 6.02. The van der Waals surface area contributed by atoms with Crippen LogP contribution in [0.5, 0.6) is 11.5 Å². The van der Waals surface area contributed by atoms with E-state index in [0.717, 1.165) is 22.4 Å². The third-order valence-electron chi connectivity index (χ3n) is 7.54. The fourth-order valence-electron chi connectivity index (χ4n) is 5.87. The lowest BCUT2D eigenvalue weighted by molar-refractivity contribution is -0.118. The molecular weight excluding hydrogens is 493 g/mol. The molecule has 1 unspecified atom stereocenters. The van der Waals surface area contributed by atoms with E-state index in [0.29, 0.717) is 47.1 Å². The molecule has 4 aromatic rings. The number of carbonyl (C=O) groups excluding carboxylic acids is 1. The molecule has 6 nitrogen and oxygen atoms in total. The van der Waals surface area contributed by atoms with Crippen LogP contribution in [0.25, 0.3) is 16.9 Å². The quantitative estimate of drug-likeness (QED) is 0.308. The Bertz CT molecular complexity index is 1620. The molecule has 0 amide bonds. The van der Waals surface area contributed by atoms with E-state index < -0.39 is 5.92 Å². The van der Waals surface area contributed by atoms with E-state index in [1.54, 1.807) is 25.0 Å². The smallest absolute Gasteiger partial charge is 0.162 e. The van der Waals surface area contributed by atoms with Crippen LogP contribution in [-0.2, 0) is 4.79 Å². The maximum absolute atomic E-state index is 14.4. The molecule has 39 heavy (non-hydrogen) atoms. The summed E-state index contributed by atoms with van der Waals surface area (Å²) < 4.78 is 27.6. The molecule has 198 valence electrons. The van der Waals surface area contributed by atoms with Crippen molar-refractivity contribution in [2.45, 2.75) is 32.6 Å². The van der Waals surface area contributed by atoms with Crippen LogP contribution >= 0.6 is 0 Å². The molecule has 1 aromatic heterocycles. The third-order valence-corrected chi connectivity index (χ3v) is 7.54. The first-order valence-corrected chi connectivity index (χ1v) is 13.0. The van der Waals surface area contributed by atoms with Crippen molar-refractivity contribution in [1.82, 2.24) is 9.78 Å². The Morgan fingerprint density at radius 1 is 0.974 bits per heavy atom. The Labute approximate surface area is 227 Å². The number of carbonyl (C=O) groups is 1. The van der Waals surface area contributed by atoms with Crippen LogP contribution in [0.2, 0.25) is 0 Å². The molecular formula is C32H30FN3O3. The number of hydrogen-bond donors (Lipinski definition) is 1. The predicted molar refractivity (Wildman–Crippen MR) is 149 cm³/mol. The summed E-state index contributed by atoms with van der Waals surface area (Å²) in [5, 5.41) is 8.64. The summed E-state index contributed by atoms with van der Waals surface area (Å²) in [6.07, 6.45) is 1.12. The van der Waals surface area contributed by atoms with Gasteiger partial charge in [0.15, 0.2) is 5.78 Å². The maximum atomic E-state index is 14.4. The zero-order valence-corrected chi connectivity index (χ0v) is 22.4. The van der Waals surface area contributed by atoms with Crippen LogP contribution in [0.3, 0.4) is 0 Å². The lowest BCUT2D eigenvalue weighted by Crippen LogP contribution is -2.34. The Morgan fingerprint density at radius 3 is 2.49 bits per heavy atom. The van der Waals surface area contributed by atoms with Gasteiger partial charge in [-0.3, -0.25) is 4.79 Å². The maximum Gasteiger partial charge on any atom is 0.162 e. The highest BCUT2D eigenvalue weighted by Crippen LogP contribution is 2.53. The molecule has 2 aliphatic rings. The van der Waals surface area contributed by atoms with Gasteiger partial charge in [0.2, 0.25) is 0 Å². The number of benzene rings is 3. The number of nitrogens with zero attached hydrogens (tertiary/aromatic N) is 2. The van der Waals surface area contributed by atoms with Gasteiger partial charge in [-0.05, 0) is 48.2 Å². The van der Waals surface area contributed by atoms with Crippen molar-refractivity contribution in [3.8, 4) is 28.4 Å². The Morgan fingerprint density at radius 2 is 1.77 bits per heavy atom. The highest BCUT2D eigenvalue weighted by molar-refractivity contribution is 6.02. The second-order valence-electron chi connectivity index (χ2n) is 10.9. The first kappa shape index (κ1) is 24.9. The third kappa shape index (κ3) is 4.28. The van der Waals surface area contributed by atoms with Crippen LogP contribution in [0.4, 0.5) is 10.2 Å². The van der Waals surface area contributed by atoms with E-state index in [-0.39, 0.29) is 17.0 Å². The summed E-state index contributed by atoms with van der Waals surface area (Å²) >= 11 is 0. The minimum atomic E-state index is -0.470. The Hall–Kier alpha value is -4.39. The lowest BCUT2D eigenvalue weighted by Gasteiger charge is -2.39. The van der Waals surface area contributed by atoms with Gasteiger partial charge < -0.3 is 14.8 Å². The number of anilines is 1. The van der Waals surface area contributed by atoms with Gasteiger partial charge in [-0.1, -0.05) is 50.2 Å².